The molecule has 7 nitrogen and oxygen atoms in total. The van der Waals surface area contributed by atoms with Gasteiger partial charge in [0, 0.05) is 26.2 Å². The topological polar surface area (TPSA) is 83.0 Å². The highest BCUT2D eigenvalue weighted by molar-refractivity contribution is 7.89. The third kappa shape index (κ3) is 6.45. The van der Waals surface area contributed by atoms with E-state index in [0.717, 1.165) is 0 Å². The van der Waals surface area contributed by atoms with E-state index < -0.39 is 10.0 Å². The van der Waals surface area contributed by atoms with Crippen LogP contribution >= 0.6 is 0 Å². The maximum atomic E-state index is 12.9. The maximum Gasteiger partial charge on any atom is 0.214 e. The number of hydrogen-bond acceptors (Lipinski definition) is 4. The number of rotatable bonds is 8. The second-order valence-corrected chi connectivity index (χ2v) is 8.19. The normalized spacial score (nSPS) is 18.5. The SMILES string of the molecule is CCNC(=NCC(C)Oc1ccc(F)cc1)NCCN1CCCS1(=O)=O. The minimum Gasteiger partial charge on any atom is -0.489 e. The van der Waals surface area contributed by atoms with Gasteiger partial charge in [-0.15, -0.1) is 0 Å². The van der Waals surface area contributed by atoms with Crippen LogP contribution < -0.4 is 15.4 Å². The number of ether oxygens (including phenoxy) is 1. The molecule has 0 aliphatic carbocycles. The Morgan fingerprint density at radius 2 is 2.08 bits per heavy atom. The van der Waals surface area contributed by atoms with E-state index in [2.05, 4.69) is 15.6 Å². The average molecular weight is 386 g/mol. The molecule has 1 aliphatic rings. The summed E-state index contributed by atoms with van der Waals surface area (Å²) in [6.45, 7) is 6.44. The van der Waals surface area contributed by atoms with Gasteiger partial charge in [0.05, 0.1) is 12.3 Å². The van der Waals surface area contributed by atoms with Crippen molar-refractivity contribution in [3.05, 3.63) is 30.1 Å². The number of nitrogens with one attached hydrogen (secondary N) is 2. The maximum absolute atomic E-state index is 12.9. The molecular weight excluding hydrogens is 359 g/mol. The van der Waals surface area contributed by atoms with Gasteiger partial charge in [-0.3, -0.25) is 0 Å². The van der Waals surface area contributed by atoms with Crippen molar-refractivity contribution in [1.29, 1.82) is 0 Å². The number of halogens is 1. The quantitative estimate of drug-likeness (QED) is 0.518. The Morgan fingerprint density at radius 3 is 2.69 bits per heavy atom. The van der Waals surface area contributed by atoms with Crippen molar-refractivity contribution >= 4 is 16.0 Å². The van der Waals surface area contributed by atoms with E-state index >= 15 is 0 Å². The number of guanidine groups is 1. The number of hydrogen-bond donors (Lipinski definition) is 2. The molecule has 1 atom stereocenters. The summed E-state index contributed by atoms with van der Waals surface area (Å²) in [6, 6.07) is 5.86. The Morgan fingerprint density at radius 1 is 1.35 bits per heavy atom. The number of nitrogens with zero attached hydrogens (tertiary/aromatic N) is 2. The van der Waals surface area contributed by atoms with Crippen molar-refractivity contribution < 1.29 is 17.5 Å². The van der Waals surface area contributed by atoms with Crippen molar-refractivity contribution in [2.24, 2.45) is 4.99 Å². The first-order valence-electron chi connectivity index (χ1n) is 8.83. The summed E-state index contributed by atoms with van der Waals surface area (Å²) in [5.41, 5.74) is 0. The lowest BCUT2D eigenvalue weighted by Crippen LogP contribution is -2.42. The molecule has 0 radical (unpaired) electrons. The fourth-order valence-electron chi connectivity index (χ4n) is 2.59. The zero-order valence-corrected chi connectivity index (χ0v) is 16.1. The first kappa shape index (κ1) is 20.4. The van der Waals surface area contributed by atoms with Gasteiger partial charge in [-0.25, -0.2) is 22.1 Å². The zero-order valence-electron chi connectivity index (χ0n) is 15.2. The van der Waals surface area contributed by atoms with E-state index in [0.29, 0.717) is 50.9 Å². The molecule has 1 unspecified atom stereocenters. The molecule has 0 aromatic heterocycles. The molecule has 9 heteroatoms. The lowest BCUT2D eigenvalue weighted by Gasteiger charge is -2.17. The van der Waals surface area contributed by atoms with Crippen molar-refractivity contribution in [2.75, 3.05) is 38.5 Å². The minimum atomic E-state index is -3.07. The van der Waals surface area contributed by atoms with E-state index in [-0.39, 0.29) is 17.7 Å². The zero-order chi connectivity index (χ0) is 19.0. The Kier molecular flexibility index (Phi) is 7.65. The largest absolute Gasteiger partial charge is 0.489 e. The van der Waals surface area contributed by atoms with Crippen LogP contribution in [0.25, 0.3) is 0 Å². The summed E-state index contributed by atoms with van der Waals surface area (Å²) < 4.78 is 43.7. The fraction of sp³-hybridized carbons (Fsp3) is 0.588. The molecule has 0 bridgehead atoms. The smallest absolute Gasteiger partial charge is 0.214 e. The molecule has 1 fully saturated rings. The Hall–Kier alpha value is -1.87. The molecule has 1 aliphatic heterocycles. The highest BCUT2D eigenvalue weighted by Gasteiger charge is 2.27. The fourth-order valence-corrected chi connectivity index (χ4v) is 4.11. The van der Waals surface area contributed by atoms with Crippen LogP contribution in [0.1, 0.15) is 20.3 Å². The first-order chi connectivity index (χ1) is 12.4. The van der Waals surface area contributed by atoms with Crippen LogP contribution in [-0.4, -0.2) is 63.3 Å². The van der Waals surface area contributed by atoms with E-state index in [1.807, 2.05) is 13.8 Å². The van der Waals surface area contributed by atoms with Gasteiger partial charge in [-0.2, -0.15) is 0 Å². The molecule has 0 spiro atoms. The third-order valence-electron chi connectivity index (χ3n) is 3.86. The summed E-state index contributed by atoms with van der Waals surface area (Å²) in [7, 11) is -3.07. The Labute approximate surface area is 154 Å². The molecule has 0 amide bonds. The molecule has 1 heterocycles. The minimum absolute atomic E-state index is 0.185. The molecule has 2 N–H and O–H groups in total. The van der Waals surface area contributed by atoms with Gasteiger partial charge in [0.2, 0.25) is 10.0 Å². The van der Waals surface area contributed by atoms with Crippen LogP contribution in [0.3, 0.4) is 0 Å². The highest BCUT2D eigenvalue weighted by atomic mass is 32.2. The molecule has 1 aromatic carbocycles. The third-order valence-corrected chi connectivity index (χ3v) is 5.82. The van der Waals surface area contributed by atoms with Gasteiger partial charge >= 0.3 is 0 Å². The molecule has 1 saturated heterocycles. The number of aliphatic imine (C=N–C) groups is 1. The summed E-state index contributed by atoms with van der Waals surface area (Å²) in [5, 5.41) is 6.26. The second kappa shape index (κ2) is 9.72. The van der Waals surface area contributed by atoms with Gasteiger partial charge < -0.3 is 15.4 Å². The second-order valence-electron chi connectivity index (χ2n) is 6.10. The van der Waals surface area contributed by atoms with Gasteiger partial charge in [0.1, 0.15) is 17.7 Å². The van der Waals surface area contributed by atoms with Crippen LogP contribution in [0.5, 0.6) is 5.75 Å². The van der Waals surface area contributed by atoms with Crippen LogP contribution in [0, 0.1) is 5.82 Å². The van der Waals surface area contributed by atoms with Crippen LogP contribution in [0.15, 0.2) is 29.3 Å². The summed E-state index contributed by atoms with van der Waals surface area (Å²) in [5.74, 6) is 1.13. The van der Waals surface area contributed by atoms with Crippen LogP contribution in [0.4, 0.5) is 4.39 Å². The van der Waals surface area contributed by atoms with Gasteiger partial charge in [0.25, 0.3) is 0 Å². The Balaban J connectivity index is 1.80. The monoisotopic (exact) mass is 386 g/mol. The summed E-state index contributed by atoms with van der Waals surface area (Å²) >= 11 is 0. The molecule has 1 aromatic rings. The molecule has 0 saturated carbocycles. The average Bonchev–Trinajstić information content (AvgIpc) is 2.93. The molecule has 26 heavy (non-hydrogen) atoms. The van der Waals surface area contributed by atoms with Crippen LogP contribution in [0.2, 0.25) is 0 Å². The number of sulfonamides is 1. The van der Waals surface area contributed by atoms with Crippen molar-refractivity contribution in [2.45, 2.75) is 26.4 Å². The van der Waals surface area contributed by atoms with Crippen molar-refractivity contribution in [3.63, 3.8) is 0 Å². The first-order valence-corrected chi connectivity index (χ1v) is 10.4. The summed E-state index contributed by atoms with van der Waals surface area (Å²) in [4.78, 5) is 4.45. The van der Waals surface area contributed by atoms with E-state index in [9.17, 15) is 12.8 Å². The lowest BCUT2D eigenvalue weighted by atomic mass is 10.3. The summed E-state index contributed by atoms with van der Waals surface area (Å²) in [6.07, 6.45) is 0.504. The predicted octanol–water partition coefficient (Wildman–Crippen LogP) is 1.18. The lowest BCUT2D eigenvalue weighted by molar-refractivity contribution is 0.230. The van der Waals surface area contributed by atoms with E-state index in [4.69, 9.17) is 4.74 Å². The molecular formula is C17H27FN4O3S. The van der Waals surface area contributed by atoms with Crippen LogP contribution in [-0.2, 0) is 10.0 Å². The van der Waals surface area contributed by atoms with Gasteiger partial charge in [0.15, 0.2) is 5.96 Å². The van der Waals surface area contributed by atoms with Crippen molar-refractivity contribution in [1.82, 2.24) is 14.9 Å². The van der Waals surface area contributed by atoms with Gasteiger partial charge in [-0.05, 0) is 44.5 Å². The standard InChI is InChI=1S/C17H27FN4O3S/c1-3-19-17(20-9-11-22-10-4-12-26(22,23)24)21-13-14(2)25-16-7-5-15(18)6-8-16/h5-8,14H,3-4,9-13H2,1-2H3,(H2,19,20,21). The highest BCUT2D eigenvalue weighted by Crippen LogP contribution is 2.13. The van der Waals surface area contributed by atoms with E-state index in [1.165, 1.54) is 16.4 Å². The molecule has 2 rings (SSSR count). The predicted molar refractivity (Wildman–Crippen MR) is 100 cm³/mol. The van der Waals surface area contributed by atoms with Crippen molar-refractivity contribution in [3.8, 4) is 5.75 Å². The van der Waals surface area contributed by atoms with E-state index in [1.54, 1.807) is 12.1 Å². The Bertz CT molecular complexity index is 694. The molecule has 146 valence electrons. The number of benzene rings is 1. The van der Waals surface area contributed by atoms with Gasteiger partial charge in [-0.1, -0.05) is 0 Å².